The number of hydrogen-bond acceptors (Lipinski definition) is 2. The molecule has 2 nitrogen and oxygen atoms in total. The van der Waals surface area contributed by atoms with Gasteiger partial charge in [0.2, 0.25) is 0 Å². The highest BCUT2D eigenvalue weighted by Crippen LogP contribution is 2.37. The number of benzene rings is 1. The Kier molecular flexibility index (Phi) is 4.94. The Bertz CT molecular complexity index is 401. The first-order chi connectivity index (χ1) is 9.22. The summed E-state index contributed by atoms with van der Waals surface area (Å²) in [5.74, 6) is -0.118. The van der Waals surface area contributed by atoms with Crippen LogP contribution >= 0.6 is 0 Å². The first-order valence-corrected chi connectivity index (χ1v) is 7.26. The van der Waals surface area contributed by atoms with Crippen LogP contribution in [0.4, 0.5) is 4.39 Å². The van der Waals surface area contributed by atoms with Crippen molar-refractivity contribution in [2.45, 2.75) is 50.7 Å². The number of rotatable bonds is 6. The van der Waals surface area contributed by atoms with Crippen molar-refractivity contribution >= 4 is 0 Å². The van der Waals surface area contributed by atoms with E-state index in [4.69, 9.17) is 4.74 Å². The van der Waals surface area contributed by atoms with Gasteiger partial charge in [-0.2, -0.15) is 0 Å². The fraction of sp³-hybridized carbons (Fsp3) is 0.625. The van der Waals surface area contributed by atoms with E-state index in [0.717, 1.165) is 25.0 Å². The summed E-state index contributed by atoms with van der Waals surface area (Å²) in [4.78, 5) is 0. The molecular formula is C16H24FNO. The summed E-state index contributed by atoms with van der Waals surface area (Å²) >= 11 is 0. The molecule has 0 heterocycles. The van der Waals surface area contributed by atoms with Crippen molar-refractivity contribution in [2.24, 2.45) is 0 Å². The zero-order chi connectivity index (χ0) is 13.7. The molecule has 0 amide bonds. The zero-order valence-corrected chi connectivity index (χ0v) is 11.9. The van der Waals surface area contributed by atoms with Crippen LogP contribution < -0.4 is 5.32 Å². The van der Waals surface area contributed by atoms with Crippen molar-refractivity contribution in [2.75, 3.05) is 13.7 Å². The van der Waals surface area contributed by atoms with Crippen molar-refractivity contribution in [1.82, 2.24) is 5.32 Å². The number of halogens is 1. The maximum absolute atomic E-state index is 13.8. The van der Waals surface area contributed by atoms with Gasteiger partial charge in [0.15, 0.2) is 0 Å². The van der Waals surface area contributed by atoms with Gasteiger partial charge in [-0.25, -0.2) is 4.39 Å². The molecule has 0 radical (unpaired) electrons. The topological polar surface area (TPSA) is 21.3 Å². The van der Waals surface area contributed by atoms with Crippen molar-refractivity contribution in [3.8, 4) is 0 Å². The fourth-order valence-corrected chi connectivity index (χ4v) is 3.29. The second-order valence-corrected chi connectivity index (χ2v) is 5.34. The van der Waals surface area contributed by atoms with E-state index < -0.39 is 0 Å². The Morgan fingerprint density at radius 3 is 2.58 bits per heavy atom. The zero-order valence-electron chi connectivity index (χ0n) is 11.9. The molecule has 2 rings (SSSR count). The molecule has 106 valence electrons. The molecule has 3 heteroatoms. The number of nitrogens with one attached hydrogen (secondary N) is 1. The van der Waals surface area contributed by atoms with Crippen LogP contribution in [-0.2, 0) is 11.2 Å². The molecule has 1 unspecified atom stereocenters. The summed E-state index contributed by atoms with van der Waals surface area (Å²) in [6.45, 7) is 2.76. The van der Waals surface area contributed by atoms with E-state index in [0.29, 0.717) is 6.42 Å². The van der Waals surface area contributed by atoms with E-state index in [1.807, 2.05) is 26.1 Å². The molecule has 0 saturated heterocycles. The van der Waals surface area contributed by atoms with Crippen LogP contribution in [0.1, 0.15) is 38.2 Å². The van der Waals surface area contributed by atoms with Crippen LogP contribution in [0, 0.1) is 5.82 Å². The van der Waals surface area contributed by atoms with Gasteiger partial charge >= 0.3 is 0 Å². The number of likely N-dealkylation sites (N-methyl/N-ethyl adjacent to an activating group) is 1. The van der Waals surface area contributed by atoms with E-state index in [-0.39, 0.29) is 17.5 Å². The van der Waals surface area contributed by atoms with Gasteiger partial charge in [0.1, 0.15) is 5.82 Å². The van der Waals surface area contributed by atoms with Crippen LogP contribution in [0.5, 0.6) is 0 Å². The molecule has 1 saturated carbocycles. The Labute approximate surface area is 115 Å². The number of ether oxygens (including phenoxy) is 1. The Morgan fingerprint density at radius 2 is 2.00 bits per heavy atom. The highest BCUT2D eigenvalue weighted by atomic mass is 19.1. The van der Waals surface area contributed by atoms with Gasteiger partial charge in [-0.05, 0) is 44.9 Å². The lowest BCUT2D eigenvalue weighted by molar-refractivity contribution is -0.0598. The summed E-state index contributed by atoms with van der Waals surface area (Å²) in [5.41, 5.74) is 0.652. The molecule has 1 N–H and O–H groups in total. The van der Waals surface area contributed by atoms with Gasteiger partial charge in [0.25, 0.3) is 0 Å². The average Bonchev–Trinajstić information content (AvgIpc) is 2.88. The number of hydrogen-bond donors (Lipinski definition) is 1. The summed E-state index contributed by atoms with van der Waals surface area (Å²) in [7, 11) is 1.95. The molecule has 1 aromatic rings. The van der Waals surface area contributed by atoms with Crippen LogP contribution in [0.3, 0.4) is 0 Å². The molecule has 1 aliphatic carbocycles. The molecule has 0 aromatic heterocycles. The molecule has 1 aliphatic rings. The normalized spacial score (nSPS) is 19.5. The lowest BCUT2D eigenvalue weighted by Gasteiger charge is -2.37. The second kappa shape index (κ2) is 6.49. The standard InChI is InChI=1S/C16H24FNO/c1-3-19-16(10-6-7-11-16)15(18-2)12-13-8-4-5-9-14(13)17/h4-5,8-9,15,18H,3,6-7,10-12H2,1-2H3. The summed E-state index contributed by atoms with van der Waals surface area (Å²) in [6.07, 6.45) is 5.23. The molecule has 1 fully saturated rings. The van der Waals surface area contributed by atoms with Crippen LogP contribution in [0.25, 0.3) is 0 Å². The van der Waals surface area contributed by atoms with Gasteiger partial charge in [0, 0.05) is 12.6 Å². The maximum Gasteiger partial charge on any atom is 0.126 e. The highest BCUT2D eigenvalue weighted by molar-refractivity contribution is 5.20. The van der Waals surface area contributed by atoms with Crippen molar-refractivity contribution in [3.05, 3.63) is 35.6 Å². The second-order valence-electron chi connectivity index (χ2n) is 5.34. The van der Waals surface area contributed by atoms with E-state index >= 15 is 0 Å². The third-order valence-corrected chi connectivity index (χ3v) is 4.25. The Hall–Kier alpha value is -0.930. The van der Waals surface area contributed by atoms with E-state index in [2.05, 4.69) is 5.32 Å². The summed E-state index contributed by atoms with van der Waals surface area (Å²) < 4.78 is 19.9. The van der Waals surface area contributed by atoms with Crippen molar-refractivity contribution in [3.63, 3.8) is 0 Å². The third-order valence-electron chi connectivity index (χ3n) is 4.25. The summed E-state index contributed by atoms with van der Waals surface area (Å²) in [5, 5.41) is 3.35. The molecule has 0 spiro atoms. The highest BCUT2D eigenvalue weighted by Gasteiger charge is 2.41. The van der Waals surface area contributed by atoms with Crippen LogP contribution in [-0.4, -0.2) is 25.3 Å². The van der Waals surface area contributed by atoms with Gasteiger partial charge < -0.3 is 10.1 Å². The molecule has 0 bridgehead atoms. The fourth-order valence-electron chi connectivity index (χ4n) is 3.29. The Balaban J connectivity index is 2.17. The maximum atomic E-state index is 13.8. The average molecular weight is 265 g/mol. The van der Waals surface area contributed by atoms with Crippen LogP contribution in [0.2, 0.25) is 0 Å². The van der Waals surface area contributed by atoms with Gasteiger partial charge in [-0.15, -0.1) is 0 Å². The smallest absolute Gasteiger partial charge is 0.126 e. The van der Waals surface area contributed by atoms with Gasteiger partial charge in [-0.3, -0.25) is 0 Å². The lowest BCUT2D eigenvalue weighted by Crippen LogP contribution is -2.51. The predicted octanol–water partition coefficient (Wildman–Crippen LogP) is 3.31. The quantitative estimate of drug-likeness (QED) is 0.852. The lowest BCUT2D eigenvalue weighted by atomic mass is 9.87. The van der Waals surface area contributed by atoms with E-state index in [1.54, 1.807) is 6.07 Å². The predicted molar refractivity (Wildman–Crippen MR) is 75.8 cm³/mol. The van der Waals surface area contributed by atoms with Gasteiger partial charge in [-0.1, -0.05) is 31.0 Å². The molecule has 1 atom stereocenters. The third kappa shape index (κ3) is 3.15. The van der Waals surface area contributed by atoms with Gasteiger partial charge in [0.05, 0.1) is 5.60 Å². The van der Waals surface area contributed by atoms with Crippen molar-refractivity contribution in [1.29, 1.82) is 0 Å². The molecule has 1 aromatic carbocycles. The van der Waals surface area contributed by atoms with Crippen LogP contribution in [0.15, 0.2) is 24.3 Å². The first-order valence-electron chi connectivity index (χ1n) is 7.26. The molecule has 0 aliphatic heterocycles. The minimum Gasteiger partial charge on any atom is -0.374 e. The Morgan fingerprint density at radius 1 is 1.32 bits per heavy atom. The summed E-state index contributed by atoms with van der Waals surface area (Å²) in [6, 6.07) is 7.21. The van der Waals surface area contributed by atoms with E-state index in [9.17, 15) is 4.39 Å². The largest absolute Gasteiger partial charge is 0.374 e. The van der Waals surface area contributed by atoms with E-state index in [1.165, 1.54) is 18.9 Å². The molecule has 19 heavy (non-hydrogen) atoms. The first kappa shape index (κ1) is 14.5. The minimum atomic E-state index is -0.119. The SMILES string of the molecule is CCOC1(C(Cc2ccccc2F)NC)CCCC1. The monoisotopic (exact) mass is 265 g/mol. The van der Waals surface area contributed by atoms with Crippen molar-refractivity contribution < 1.29 is 9.13 Å². The molecular weight excluding hydrogens is 241 g/mol. The minimum absolute atomic E-state index is 0.118.